The van der Waals surface area contributed by atoms with Gasteiger partial charge in [0.1, 0.15) is 5.75 Å². The van der Waals surface area contributed by atoms with Crippen LogP contribution >= 0.6 is 0 Å². The molecule has 0 bridgehead atoms. The first-order chi connectivity index (χ1) is 11.5. The lowest BCUT2D eigenvalue weighted by molar-refractivity contribution is -0.122. The minimum atomic E-state index is -3.61. The molecule has 0 spiro atoms. The van der Waals surface area contributed by atoms with Gasteiger partial charge in [0.05, 0.1) is 5.41 Å². The highest BCUT2D eigenvalue weighted by atomic mass is 32.2. The van der Waals surface area contributed by atoms with Gasteiger partial charge in [0.25, 0.3) is 15.9 Å². The lowest BCUT2D eigenvalue weighted by atomic mass is 10.2. The van der Waals surface area contributed by atoms with Gasteiger partial charge in [-0.1, -0.05) is 30.3 Å². The molecule has 0 aromatic heterocycles. The standard InChI is InChI=1S/C17H18N2O4S/c1-18-17(20)13-23-16-9-7-15(8-10-16)19-24(21,22)12-11-14-5-3-2-4-6-14/h2-12,19H,13H2,1H3,(H,18,20)/b12-11+. The van der Waals surface area contributed by atoms with Crippen molar-refractivity contribution in [2.45, 2.75) is 0 Å². The summed E-state index contributed by atoms with van der Waals surface area (Å²) in [5.41, 5.74) is 1.20. The smallest absolute Gasteiger partial charge is 0.257 e. The van der Waals surface area contributed by atoms with Gasteiger partial charge in [-0.15, -0.1) is 0 Å². The van der Waals surface area contributed by atoms with Crippen molar-refractivity contribution in [3.8, 4) is 5.75 Å². The molecule has 0 radical (unpaired) electrons. The Morgan fingerprint density at radius 2 is 1.75 bits per heavy atom. The van der Waals surface area contributed by atoms with Crippen molar-refractivity contribution in [1.82, 2.24) is 5.32 Å². The molecule has 2 N–H and O–H groups in total. The lowest BCUT2D eigenvalue weighted by Crippen LogP contribution is -2.24. The molecule has 2 aromatic carbocycles. The molecule has 126 valence electrons. The molecular weight excluding hydrogens is 328 g/mol. The van der Waals surface area contributed by atoms with E-state index in [9.17, 15) is 13.2 Å². The largest absolute Gasteiger partial charge is 0.484 e. The van der Waals surface area contributed by atoms with E-state index in [0.717, 1.165) is 11.0 Å². The Hall–Kier alpha value is -2.80. The highest BCUT2D eigenvalue weighted by molar-refractivity contribution is 7.95. The van der Waals surface area contributed by atoms with E-state index in [1.54, 1.807) is 24.3 Å². The number of amides is 1. The summed E-state index contributed by atoms with van der Waals surface area (Å²) in [6, 6.07) is 15.4. The minimum absolute atomic E-state index is 0.0958. The van der Waals surface area contributed by atoms with Gasteiger partial charge in [-0.2, -0.15) is 0 Å². The Balaban J connectivity index is 1.97. The van der Waals surface area contributed by atoms with Crippen LogP contribution in [0.15, 0.2) is 60.0 Å². The monoisotopic (exact) mass is 346 g/mol. The van der Waals surface area contributed by atoms with Gasteiger partial charge < -0.3 is 10.1 Å². The minimum Gasteiger partial charge on any atom is -0.484 e. The Bertz CT molecular complexity index is 800. The van der Waals surface area contributed by atoms with E-state index in [0.29, 0.717) is 11.4 Å². The Labute approximate surface area is 141 Å². The van der Waals surface area contributed by atoms with Crippen LogP contribution in [0.5, 0.6) is 5.75 Å². The molecule has 0 heterocycles. The molecule has 0 aliphatic carbocycles. The van der Waals surface area contributed by atoms with Crippen LogP contribution in [0.4, 0.5) is 5.69 Å². The fourth-order valence-corrected chi connectivity index (χ4v) is 2.64. The number of hydrogen-bond donors (Lipinski definition) is 2. The molecule has 24 heavy (non-hydrogen) atoms. The maximum Gasteiger partial charge on any atom is 0.257 e. The van der Waals surface area contributed by atoms with E-state index in [-0.39, 0.29) is 12.5 Å². The summed E-state index contributed by atoms with van der Waals surface area (Å²) in [6.45, 7) is -0.0958. The summed E-state index contributed by atoms with van der Waals surface area (Å²) in [5, 5.41) is 3.55. The number of anilines is 1. The van der Waals surface area contributed by atoms with Crippen LogP contribution in [0.25, 0.3) is 6.08 Å². The van der Waals surface area contributed by atoms with Gasteiger partial charge in [0, 0.05) is 12.7 Å². The van der Waals surface area contributed by atoms with E-state index < -0.39 is 10.0 Å². The van der Waals surface area contributed by atoms with E-state index in [1.165, 1.54) is 13.1 Å². The molecule has 7 heteroatoms. The Kier molecular flexibility index (Phi) is 5.97. The SMILES string of the molecule is CNC(=O)COc1ccc(NS(=O)(=O)/C=C/c2ccccc2)cc1. The van der Waals surface area contributed by atoms with Crippen LogP contribution in [0, 0.1) is 0 Å². The quantitative estimate of drug-likeness (QED) is 0.805. The van der Waals surface area contributed by atoms with Crippen molar-refractivity contribution < 1.29 is 17.9 Å². The third kappa shape index (κ3) is 5.77. The number of hydrogen-bond acceptors (Lipinski definition) is 4. The molecule has 0 fully saturated rings. The molecule has 1 amide bonds. The first-order valence-electron chi connectivity index (χ1n) is 7.18. The molecule has 2 rings (SSSR count). The lowest BCUT2D eigenvalue weighted by Gasteiger charge is -2.07. The van der Waals surface area contributed by atoms with Crippen molar-refractivity contribution in [3.63, 3.8) is 0 Å². The van der Waals surface area contributed by atoms with Gasteiger partial charge in [-0.05, 0) is 35.9 Å². The van der Waals surface area contributed by atoms with E-state index in [1.807, 2.05) is 30.3 Å². The number of carbonyl (C=O) groups excluding carboxylic acids is 1. The van der Waals surface area contributed by atoms with Crippen LogP contribution in [0.2, 0.25) is 0 Å². The molecule has 6 nitrogen and oxygen atoms in total. The summed E-state index contributed by atoms with van der Waals surface area (Å²) in [4.78, 5) is 11.1. The highest BCUT2D eigenvalue weighted by Gasteiger charge is 2.06. The van der Waals surface area contributed by atoms with Gasteiger partial charge >= 0.3 is 0 Å². The average molecular weight is 346 g/mol. The predicted molar refractivity (Wildman–Crippen MR) is 94.0 cm³/mol. The number of carbonyl (C=O) groups is 1. The fraction of sp³-hybridized carbons (Fsp3) is 0.118. The second-order valence-corrected chi connectivity index (χ2v) is 6.41. The van der Waals surface area contributed by atoms with Gasteiger partial charge in [-0.25, -0.2) is 8.42 Å². The van der Waals surface area contributed by atoms with Crippen LogP contribution in [0.1, 0.15) is 5.56 Å². The van der Waals surface area contributed by atoms with E-state index in [4.69, 9.17) is 4.74 Å². The third-order valence-electron chi connectivity index (χ3n) is 3.00. The summed E-state index contributed by atoms with van der Waals surface area (Å²) in [7, 11) is -2.09. The summed E-state index contributed by atoms with van der Waals surface area (Å²) in [5.74, 6) is 0.229. The van der Waals surface area contributed by atoms with Gasteiger partial charge in [0.15, 0.2) is 6.61 Å². The van der Waals surface area contributed by atoms with Crippen LogP contribution in [0.3, 0.4) is 0 Å². The zero-order valence-electron chi connectivity index (χ0n) is 13.1. The second kappa shape index (κ2) is 8.16. The number of ether oxygens (including phenoxy) is 1. The van der Waals surface area contributed by atoms with Crippen molar-refractivity contribution in [2.75, 3.05) is 18.4 Å². The topological polar surface area (TPSA) is 84.5 Å². The summed E-state index contributed by atoms with van der Waals surface area (Å²) in [6.07, 6.45) is 1.52. The highest BCUT2D eigenvalue weighted by Crippen LogP contribution is 2.17. The third-order valence-corrected chi connectivity index (χ3v) is 4.02. The number of nitrogens with one attached hydrogen (secondary N) is 2. The molecule has 0 atom stereocenters. The summed E-state index contributed by atoms with van der Waals surface area (Å²) >= 11 is 0. The normalized spacial score (nSPS) is 11.2. The molecule has 0 saturated carbocycles. The Morgan fingerprint density at radius 1 is 1.08 bits per heavy atom. The van der Waals surface area contributed by atoms with Gasteiger partial charge in [-0.3, -0.25) is 9.52 Å². The van der Waals surface area contributed by atoms with Crippen molar-refractivity contribution in [1.29, 1.82) is 0 Å². The zero-order valence-corrected chi connectivity index (χ0v) is 13.9. The first-order valence-corrected chi connectivity index (χ1v) is 8.72. The van der Waals surface area contributed by atoms with Crippen molar-refractivity contribution >= 4 is 27.7 Å². The first kappa shape index (κ1) is 17.6. The number of rotatable bonds is 7. The van der Waals surface area contributed by atoms with Crippen LogP contribution < -0.4 is 14.8 Å². The Morgan fingerprint density at radius 3 is 2.38 bits per heavy atom. The van der Waals surface area contributed by atoms with Crippen molar-refractivity contribution in [3.05, 3.63) is 65.6 Å². The second-order valence-electron chi connectivity index (χ2n) is 4.85. The summed E-state index contributed by atoms with van der Waals surface area (Å²) < 4.78 is 31.7. The van der Waals surface area contributed by atoms with Crippen molar-refractivity contribution in [2.24, 2.45) is 0 Å². The predicted octanol–water partition coefficient (Wildman–Crippen LogP) is 2.22. The van der Waals surface area contributed by atoms with E-state index >= 15 is 0 Å². The average Bonchev–Trinajstić information content (AvgIpc) is 2.60. The maximum absolute atomic E-state index is 12.0. The molecule has 2 aromatic rings. The molecular formula is C17H18N2O4S. The molecule has 0 aliphatic heterocycles. The van der Waals surface area contributed by atoms with Crippen LogP contribution in [-0.2, 0) is 14.8 Å². The zero-order chi connectivity index (χ0) is 17.4. The number of sulfonamides is 1. The van der Waals surface area contributed by atoms with Gasteiger partial charge in [0.2, 0.25) is 0 Å². The fourth-order valence-electron chi connectivity index (χ4n) is 1.77. The van der Waals surface area contributed by atoms with E-state index in [2.05, 4.69) is 10.0 Å². The number of benzene rings is 2. The molecule has 0 saturated heterocycles. The molecule has 0 unspecified atom stereocenters. The number of likely N-dealkylation sites (N-methyl/N-ethyl adjacent to an activating group) is 1. The van der Waals surface area contributed by atoms with Crippen LogP contribution in [-0.4, -0.2) is 28.0 Å². The molecule has 0 aliphatic rings. The maximum atomic E-state index is 12.0.